The molecule has 0 aromatic carbocycles. The van der Waals surface area contributed by atoms with E-state index in [1.807, 2.05) is 93.6 Å². The van der Waals surface area contributed by atoms with Gasteiger partial charge in [0.2, 0.25) is 5.89 Å². The molecule has 1 aliphatic carbocycles. The summed E-state index contributed by atoms with van der Waals surface area (Å²) in [6.45, 7) is 5.93. The molecule has 2 unspecified atom stereocenters. The molecule has 2 atom stereocenters. The Bertz CT molecular complexity index is 1990. The molecule has 4 aliphatic heterocycles. The van der Waals surface area contributed by atoms with Crippen LogP contribution in [0.5, 0.6) is 0 Å². The van der Waals surface area contributed by atoms with Crippen molar-refractivity contribution in [1.82, 2.24) is 20.3 Å². The highest BCUT2D eigenvalue weighted by Crippen LogP contribution is 2.52. The molecule has 0 amide bonds. The maximum atomic E-state index is 14.3. The van der Waals surface area contributed by atoms with E-state index in [1.54, 1.807) is 12.5 Å². The Morgan fingerprint density at radius 3 is 2.60 bits per heavy atom. The Balaban J connectivity index is 1.35. The topological polar surface area (TPSA) is 109 Å². The third kappa shape index (κ3) is 3.85. The number of nitrogens with one attached hydrogen (secondary N) is 2. The van der Waals surface area contributed by atoms with E-state index in [2.05, 4.69) is 15.3 Å². The lowest BCUT2D eigenvalue weighted by molar-refractivity contribution is -0.127. The van der Waals surface area contributed by atoms with Gasteiger partial charge in [-0.05, 0) is 112 Å². The van der Waals surface area contributed by atoms with Gasteiger partial charge in [-0.25, -0.2) is 9.98 Å². The predicted molar refractivity (Wildman–Crippen MR) is 162 cm³/mol. The van der Waals surface area contributed by atoms with Crippen LogP contribution in [0.3, 0.4) is 0 Å². The molecule has 208 valence electrons. The van der Waals surface area contributed by atoms with Crippen molar-refractivity contribution in [2.45, 2.75) is 44.7 Å². The molecule has 2 N–H and O–H groups in total. The minimum atomic E-state index is -1.05. The van der Waals surface area contributed by atoms with Gasteiger partial charge in [-0.15, -0.1) is 0 Å². The second-order valence-corrected chi connectivity index (χ2v) is 12.3. The average Bonchev–Trinajstić information content (AvgIpc) is 3.33. The molecule has 1 saturated carbocycles. The number of pyridine rings is 1. The third-order valence-corrected chi connectivity index (χ3v) is 8.80. The summed E-state index contributed by atoms with van der Waals surface area (Å²) in [4.78, 5) is 37.1. The molecule has 8 heteroatoms. The van der Waals surface area contributed by atoms with Gasteiger partial charge in [0.05, 0.1) is 22.5 Å². The number of allylic oxidation sites excluding steroid dienone is 4. The molecule has 1 saturated heterocycles. The molecule has 7 heterocycles. The van der Waals surface area contributed by atoms with Gasteiger partial charge in [0, 0.05) is 33.8 Å². The molecule has 8 nitrogen and oxygen atoms in total. The molecule has 0 spiro atoms. The van der Waals surface area contributed by atoms with Crippen LogP contribution < -0.4 is 16.0 Å². The number of aromatic nitrogens is 3. The number of nitrogens with zero attached hydrogens (tertiary/aromatic N) is 4. The van der Waals surface area contributed by atoms with Crippen LogP contribution in [0.25, 0.3) is 23.4 Å². The number of carbonyl (C=O) groups is 1. The van der Waals surface area contributed by atoms with Gasteiger partial charge in [-0.1, -0.05) is 0 Å². The van der Waals surface area contributed by atoms with Crippen molar-refractivity contribution < 1.29 is 9.21 Å². The van der Waals surface area contributed by atoms with Gasteiger partial charge in [-0.3, -0.25) is 14.8 Å². The zero-order chi connectivity index (χ0) is 28.7. The standard InChI is InChI=1S/C34H30N6O2/c1-20-14-21(11-13-35-20)28-19-42-31(38-28)33-12-10-26(39-33)16-25-7-6-23(36-25)15-24-8-9-27(37-24)17-34(22-4-5-22)30(41)32(2,3)29(18-33)40-34/h6-19,22,36,40H,4-5H2,1-3H3. The first kappa shape index (κ1) is 24.9. The average molecular weight is 555 g/mol. The molecule has 3 aromatic heterocycles. The molecular weight excluding hydrogens is 524 g/mol. The van der Waals surface area contributed by atoms with Gasteiger partial charge in [0.1, 0.15) is 17.5 Å². The number of H-pyrrole nitrogens is 1. The van der Waals surface area contributed by atoms with E-state index in [0.29, 0.717) is 11.6 Å². The molecule has 8 bridgehead atoms. The number of fused-ring (bicyclic) bond motifs is 6. The minimum Gasteiger partial charge on any atom is -0.445 e. The lowest BCUT2D eigenvalue weighted by Gasteiger charge is -2.26. The molecule has 3 aromatic rings. The monoisotopic (exact) mass is 554 g/mol. The smallest absolute Gasteiger partial charge is 0.230 e. The molecular formula is C34H30N6O2. The van der Waals surface area contributed by atoms with E-state index in [0.717, 1.165) is 57.6 Å². The molecule has 8 rings (SSSR count). The quantitative estimate of drug-likeness (QED) is 0.509. The highest BCUT2D eigenvalue weighted by molar-refractivity contribution is 6.20. The fraction of sp³-hybridized carbons (Fsp3) is 0.265. The van der Waals surface area contributed by atoms with Crippen molar-refractivity contribution in [3.63, 3.8) is 0 Å². The SMILES string of the molecule is Cc1cc(-c2coc(C34C=CC(=N3)C=c3ccc([nH]3)=CC3=NC(=CC5(C6CC6)NC(=C4)C(C)(C)C5=O)C=C3)n2)ccn1. The van der Waals surface area contributed by atoms with Crippen LogP contribution in [-0.4, -0.2) is 37.7 Å². The number of aryl methyl sites for hydroxylation is 1. The second-order valence-electron chi connectivity index (χ2n) is 12.3. The zero-order valence-corrected chi connectivity index (χ0v) is 23.7. The highest BCUT2D eigenvalue weighted by atomic mass is 16.3. The van der Waals surface area contributed by atoms with Crippen molar-refractivity contribution in [3.8, 4) is 11.3 Å². The summed E-state index contributed by atoms with van der Waals surface area (Å²) >= 11 is 0. The maximum absolute atomic E-state index is 14.3. The number of ketones is 1. The van der Waals surface area contributed by atoms with Gasteiger partial charge < -0.3 is 14.7 Å². The highest BCUT2D eigenvalue weighted by Gasteiger charge is 2.61. The molecule has 2 fully saturated rings. The normalized spacial score (nSPS) is 27.1. The van der Waals surface area contributed by atoms with Gasteiger partial charge in [0.25, 0.3) is 0 Å². The van der Waals surface area contributed by atoms with E-state index in [4.69, 9.17) is 19.4 Å². The van der Waals surface area contributed by atoms with Gasteiger partial charge in [0.15, 0.2) is 11.3 Å². The van der Waals surface area contributed by atoms with E-state index < -0.39 is 16.5 Å². The zero-order valence-electron chi connectivity index (χ0n) is 23.7. The maximum Gasteiger partial charge on any atom is 0.230 e. The molecule has 0 radical (unpaired) electrons. The van der Waals surface area contributed by atoms with Crippen LogP contribution in [0.2, 0.25) is 0 Å². The van der Waals surface area contributed by atoms with Crippen molar-refractivity contribution in [1.29, 1.82) is 0 Å². The number of rotatable bonds is 3. The first-order valence-corrected chi connectivity index (χ1v) is 14.4. The van der Waals surface area contributed by atoms with Crippen LogP contribution in [-0.2, 0) is 10.3 Å². The summed E-state index contributed by atoms with van der Waals surface area (Å²) < 4.78 is 6.17. The Labute approximate surface area is 242 Å². The van der Waals surface area contributed by atoms with Crippen molar-refractivity contribution >= 4 is 29.4 Å². The summed E-state index contributed by atoms with van der Waals surface area (Å²) in [5.41, 5.74) is 3.04. The predicted octanol–water partition coefficient (Wildman–Crippen LogP) is 3.98. The number of hydrogen-bond donors (Lipinski definition) is 2. The largest absolute Gasteiger partial charge is 0.445 e. The van der Waals surface area contributed by atoms with Crippen molar-refractivity contribution in [2.75, 3.05) is 0 Å². The summed E-state index contributed by atoms with van der Waals surface area (Å²) in [6.07, 6.45) is 21.4. The Morgan fingerprint density at radius 2 is 1.81 bits per heavy atom. The molecule has 42 heavy (non-hydrogen) atoms. The van der Waals surface area contributed by atoms with E-state index in [9.17, 15) is 4.79 Å². The van der Waals surface area contributed by atoms with Gasteiger partial charge in [-0.2, -0.15) is 0 Å². The summed E-state index contributed by atoms with van der Waals surface area (Å²) in [5.74, 6) is 0.777. The Kier molecular flexibility index (Phi) is 5.09. The fourth-order valence-corrected chi connectivity index (χ4v) is 6.40. The summed E-state index contributed by atoms with van der Waals surface area (Å²) in [5, 5.41) is 5.57. The van der Waals surface area contributed by atoms with Crippen LogP contribution >= 0.6 is 0 Å². The first-order valence-electron chi connectivity index (χ1n) is 14.4. The second kappa shape index (κ2) is 8.58. The molecule has 5 aliphatic rings. The number of oxazole rings is 1. The Morgan fingerprint density at radius 1 is 1.00 bits per heavy atom. The summed E-state index contributed by atoms with van der Waals surface area (Å²) in [7, 11) is 0. The third-order valence-electron chi connectivity index (χ3n) is 8.80. The lowest BCUT2D eigenvalue weighted by Crippen LogP contribution is -2.47. The number of hydrogen-bond acceptors (Lipinski definition) is 7. The fourth-order valence-electron chi connectivity index (χ4n) is 6.40. The number of carbonyl (C=O) groups excluding carboxylic acids is 1. The number of aliphatic imine (C=N–C) groups is 2. The van der Waals surface area contributed by atoms with Crippen LogP contribution in [0.4, 0.5) is 0 Å². The number of aromatic amines is 1. The van der Waals surface area contributed by atoms with Crippen molar-refractivity contribution in [2.24, 2.45) is 21.3 Å². The van der Waals surface area contributed by atoms with E-state index in [1.165, 1.54) is 0 Å². The first-order chi connectivity index (χ1) is 20.2. The summed E-state index contributed by atoms with van der Waals surface area (Å²) in [6, 6.07) is 7.94. The van der Waals surface area contributed by atoms with Gasteiger partial charge >= 0.3 is 0 Å². The van der Waals surface area contributed by atoms with Crippen LogP contribution in [0, 0.1) is 18.3 Å². The van der Waals surface area contributed by atoms with E-state index in [-0.39, 0.29) is 11.7 Å². The number of Topliss-reactive ketones (excluding diaryl/α,β-unsaturated/α-hetero) is 1. The van der Waals surface area contributed by atoms with Crippen LogP contribution in [0.1, 0.15) is 38.3 Å². The lowest BCUT2D eigenvalue weighted by atomic mass is 9.77. The minimum absolute atomic E-state index is 0.142. The van der Waals surface area contributed by atoms with E-state index >= 15 is 0 Å². The van der Waals surface area contributed by atoms with Crippen molar-refractivity contribution in [3.05, 3.63) is 107 Å². The Hall–Kier alpha value is -4.85. The van der Waals surface area contributed by atoms with Crippen LogP contribution in [0.15, 0.2) is 99.0 Å².